The fourth-order valence-corrected chi connectivity index (χ4v) is 4.81. The van der Waals surface area contributed by atoms with Gasteiger partial charge in [0.25, 0.3) is 5.56 Å². The van der Waals surface area contributed by atoms with Crippen molar-refractivity contribution in [1.29, 1.82) is 0 Å². The lowest BCUT2D eigenvalue weighted by atomic mass is 9.96. The first-order valence-electron chi connectivity index (χ1n) is 10.6. The summed E-state index contributed by atoms with van der Waals surface area (Å²) in [6, 6.07) is 11.4. The lowest BCUT2D eigenvalue weighted by Gasteiger charge is -2.22. The maximum absolute atomic E-state index is 13.3. The smallest absolute Gasteiger partial charge is 0.338 e. The molecule has 1 N–H and O–H groups in total. The van der Waals surface area contributed by atoms with Crippen molar-refractivity contribution in [2.45, 2.75) is 19.9 Å². The summed E-state index contributed by atoms with van der Waals surface area (Å²) in [5.74, 6) is 0.408. The molecule has 1 aromatic heterocycles. The Morgan fingerprint density at radius 3 is 2.56 bits per heavy atom. The number of rotatable bonds is 6. The van der Waals surface area contributed by atoms with Crippen LogP contribution in [0.1, 0.15) is 31.0 Å². The number of fused-ring (bicyclic) bond motifs is 1. The van der Waals surface area contributed by atoms with E-state index in [-0.39, 0.29) is 29.2 Å². The molecule has 2 heterocycles. The largest absolute Gasteiger partial charge is 0.504 e. The number of esters is 1. The number of nitrogens with zero attached hydrogens (tertiary/aromatic N) is 2. The molecular weight excluding hydrogens is 456 g/mol. The maximum atomic E-state index is 13.3. The average molecular weight is 481 g/mol. The molecule has 4 rings (SSSR count). The standard InChI is InChI=1S/C25H24N2O6S/c1-5-33-24(30)21-14(2)27-23(29)20(12-15-6-9-17(31-3)10-7-15)34-25(27)26-22(21)16-8-11-18(28)19(13-16)32-4/h6-13,22,28H,5H2,1-4H3/b20-12-/t22-/m1/s1. The van der Waals surface area contributed by atoms with Crippen LogP contribution in [0.25, 0.3) is 11.8 Å². The monoisotopic (exact) mass is 480 g/mol. The van der Waals surface area contributed by atoms with Gasteiger partial charge in [-0.3, -0.25) is 9.36 Å². The Morgan fingerprint density at radius 1 is 1.18 bits per heavy atom. The number of hydrogen-bond donors (Lipinski definition) is 1. The zero-order valence-corrected chi connectivity index (χ0v) is 20.0. The van der Waals surface area contributed by atoms with Crippen LogP contribution in [0.4, 0.5) is 0 Å². The number of allylic oxidation sites excluding steroid dienone is 1. The molecular formula is C25H24N2O6S. The Labute approximate surface area is 199 Å². The summed E-state index contributed by atoms with van der Waals surface area (Å²) < 4.78 is 17.6. The molecule has 0 amide bonds. The van der Waals surface area contributed by atoms with Crippen molar-refractivity contribution < 1.29 is 24.1 Å². The van der Waals surface area contributed by atoms with Crippen LogP contribution < -0.4 is 24.4 Å². The third-order valence-corrected chi connectivity index (χ3v) is 6.46. The Balaban J connectivity index is 1.92. The van der Waals surface area contributed by atoms with Crippen LogP contribution in [0.5, 0.6) is 17.2 Å². The zero-order chi connectivity index (χ0) is 24.4. The van der Waals surface area contributed by atoms with E-state index >= 15 is 0 Å². The Morgan fingerprint density at radius 2 is 1.91 bits per heavy atom. The number of aromatic hydroxyl groups is 1. The van der Waals surface area contributed by atoms with E-state index in [4.69, 9.17) is 19.2 Å². The highest BCUT2D eigenvalue weighted by Crippen LogP contribution is 2.36. The van der Waals surface area contributed by atoms with Crippen LogP contribution in [0.15, 0.2) is 57.8 Å². The molecule has 0 aliphatic carbocycles. The van der Waals surface area contributed by atoms with Crippen molar-refractivity contribution in [1.82, 2.24) is 4.57 Å². The molecule has 0 bridgehead atoms. The molecule has 3 aromatic rings. The van der Waals surface area contributed by atoms with Crippen molar-refractivity contribution in [3.05, 3.63) is 78.9 Å². The van der Waals surface area contributed by atoms with Crippen molar-refractivity contribution in [2.24, 2.45) is 4.99 Å². The number of methoxy groups -OCH3 is 2. The van der Waals surface area contributed by atoms with Gasteiger partial charge in [-0.05, 0) is 55.3 Å². The second-order valence-electron chi connectivity index (χ2n) is 7.49. The summed E-state index contributed by atoms with van der Waals surface area (Å²) in [6.07, 6.45) is 1.78. The lowest BCUT2D eigenvalue weighted by molar-refractivity contribution is -0.138. The third-order valence-electron chi connectivity index (χ3n) is 5.47. The first kappa shape index (κ1) is 23.3. The predicted molar refractivity (Wildman–Crippen MR) is 129 cm³/mol. The Hall–Kier alpha value is -3.85. The Bertz CT molecular complexity index is 1450. The molecule has 1 aliphatic heterocycles. The number of ether oxygens (including phenoxy) is 3. The molecule has 0 radical (unpaired) electrons. The van der Waals surface area contributed by atoms with E-state index in [0.717, 1.165) is 11.3 Å². The highest BCUT2D eigenvalue weighted by molar-refractivity contribution is 7.07. The number of aromatic nitrogens is 1. The van der Waals surface area contributed by atoms with E-state index in [1.807, 2.05) is 24.3 Å². The van der Waals surface area contributed by atoms with Crippen LogP contribution >= 0.6 is 11.3 Å². The van der Waals surface area contributed by atoms with Gasteiger partial charge >= 0.3 is 5.97 Å². The number of thiazole rings is 1. The lowest BCUT2D eigenvalue weighted by Crippen LogP contribution is -2.35. The van der Waals surface area contributed by atoms with Crippen LogP contribution in [0.2, 0.25) is 0 Å². The molecule has 8 nitrogen and oxygen atoms in total. The van der Waals surface area contributed by atoms with Crippen molar-refractivity contribution in [3.8, 4) is 17.2 Å². The molecule has 34 heavy (non-hydrogen) atoms. The number of carbonyl (C=O) groups excluding carboxylic acids is 1. The van der Waals surface area contributed by atoms with Crippen molar-refractivity contribution >= 4 is 29.1 Å². The van der Waals surface area contributed by atoms with Gasteiger partial charge in [0.05, 0.1) is 30.9 Å². The van der Waals surface area contributed by atoms with E-state index in [0.29, 0.717) is 20.6 Å². The van der Waals surface area contributed by atoms with Crippen molar-refractivity contribution in [3.63, 3.8) is 0 Å². The van der Waals surface area contributed by atoms with Crippen LogP contribution in [-0.4, -0.2) is 36.5 Å². The minimum Gasteiger partial charge on any atom is -0.504 e. The van der Waals surface area contributed by atoms with E-state index in [9.17, 15) is 14.7 Å². The molecule has 2 aromatic carbocycles. The summed E-state index contributed by atoms with van der Waals surface area (Å²) in [5.41, 5.74) is 1.92. The van der Waals surface area contributed by atoms with Gasteiger partial charge in [-0.1, -0.05) is 29.5 Å². The fourth-order valence-electron chi connectivity index (χ4n) is 3.77. The summed E-state index contributed by atoms with van der Waals surface area (Å²) >= 11 is 1.24. The second kappa shape index (κ2) is 9.56. The van der Waals surface area contributed by atoms with Crippen LogP contribution in [0.3, 0.4) is 0 Å². The topological polar surface area (TPSA) is 99.4 Å². The van der Waals surface area contributed by atoms with E-state index in [1.54, 1.807) is 39.2 Å². The number of carbonyl (C=O) groups is 1. The minimum absolute atomic E-state index is 0.0233. The quantitative estimate of drug-likeness (QED) is 0.545. The van der Waals surface area contributed by atoms with Gasteiger partial charge < -0.3 is 19.3 Å². The number of phenolic OH excluding ortho intramolecular Hbond substituents is 1. The molecule has 176 valence electrons. The zero-order valence-electron chi connectivity index (χ0n) is 19.2. The van der Waals surface area contributed by atoms with Crippen LogP contribution in [0, 0.1) is 0 Å². The maximum Gasteiger partial charge on any atom is 0.338 e. The first-order valence-corrected chi connectivity index (χ1v) is 11.4. The highest BCUT2D eigenvalue weighted by Gasteiger charge is 2.31. The highest BCUT2D eigenvalue weighted by atomic mass is 32.1. The average Bonchev–Trinajstić information content (AvgIpc) is 3.15. The van der Waals surface area contributed by atoms with E-state index in [2.05, 4.69) is 0 Å². The van der Waals surface area contributed by atoms with Gasteiger partial charge in [0.15, 0.2) is 16.3 Å². The molecule has 0 spiro atoms. The molecule has 1 atom stereocenters. The number of phenols is 1. The molecule has 9 heteroatoms. The normalized spacial score (nSPS) is 15.5. The van der Waals surface area contributed by atoms with Gasteiger partial charge in [0.1, 0.15) is 11.8 Å². The fraction of sp³-hybridized carbons (Fsp3) is 0.240. The van der Waals surface area contributed by atoms with Crippen molar-refractivity contribution in [2.75, 3.05) is 20.8 Å². The number of benzene rings is 2. The number of hydrogen-bond acceptors (Lipinski definition) is 8. The molecule has 0 unspecified atom stereocenters. The summed E-state index contributed by atoms with van der Waals surface area (Å²) in [7, 11) is 3.04. The van der Waals surface area contributed by atoms with Gasteiger partial charge in [-0.15, -0.1) is 0 Å². The van der Waals surface area contributed by atoms with Crippen LogP contribution in [-0.2, 0) is 9.53 Å². The minimum atomic E-state index is -0.722. The second-order valence-corrected chi connectivity index (χ2v) is 8.50. The SMILES string of the molecule is CCOC(=O)C1=C(C)n2c(s/c(=C\c3ccc(OC)cc3)c2=O)=N[C@@H]1c1ccc(O)c(OC)c1. The molecule has 0 fully saturated rings. The summed E-state index contributed by atoms with van der Waals surface area (Å²) in [5, 5.41) is 10.0. The van der Waals surface area contributed by atoms with Gasteiger partial charge in [-0.25, -0.2) is 9.79 Å². The van der Waals surface area contributed by atoms with E-state index < -0.39 is 12.0 Å². The summed E-state index contributed by atoms with van der Waals surface area (Å²) in [4.78, 5) is 31.4. The van der Waals surface area contributed by atoms with Gasteiger partial charge in [0.2, 0.25) is 0 Å². The first-order chi connectivity index (χ1) is 16.4. The van der Waals surface area contributed by atoms with Gasteiger partial charge in [-0.2, -0.15) is 0 Å². The predicted octanol–water partition coefficient (Wildman–Crippen LogP) is 2.63. The third kappa shape index (κ3) is 4.22. The van der Waals surface area contributed by atoms with Gasteiger partial charge in [0, 0.05) is 5.70 Å². The summed E-state index contributed by atoms with van der Waals surface area (Å²) in [6.45, 7) is 3.61. The Kier molecular flexibility index (Phi) is 6.56. The molecule has 0 saturated carbocycles. The molecule has 0 saturated heterocycles. The molecule has 1 aliphatic rings. The van der Waals surface area contributed by atoms with E-state index in [1.165, 1.54) is 29.1 Å².